The van der Waals surface area contributed by atoms with Crippen molar-refractivity contribution in [3.05, 3.63) is 41.5 Å². The van der Waals surface area contributed by atoms with E-state index >= 15 is 0 Å². The second kappa shape index (κ2) is 3.83. The van der Waals surface area contributed by atoms with Crippen LogP contribution in [0.3, 0.4) is 0 Å². The molecule has 0 saturated carbocycles. The normalized spacial score (nSPS) is 27.6. The summed E-state index contributed by atoms with van der Waals surface area (Å²) in [6.45, 7) is 8.63. The fraction of sp³-hybridized carbons (Fsp3) is 0.438. The summed E-state index contributed by atoms with van der Waals surface area (Å²) in [5.41, 5.74) is 1.99. The molecule has 0 radical (unpaired) electrons. The van der Waals surface area contributed by atoms with Gasteiger partial charge in [0.2, 0.25) is 0 Å². The Bertz CT molecular complexity index is 465. The van der Waals surface area contributed by atoms with E-state index in [2.05, 4.69) is 52.0 Å². The third kappa shape index (κ3) is 1.84. The molecule has 0 heterocycles. The molecule has 17 heavy (non-hydrogen) atoms. The van der Waals surface area contributed by atoms with E-state index < -0.39 is 5.41 Å². The lowest BCUT2D eigenvalue weighted by molar-refractivity contribution is -0.114. The third-order valence-corrected chi connectivity index (χ3v) is 3.83. The minimum atomic E-state index is -0.413. The predicted molar refractivity (Wildman–Crippen MR) is 71.8 cm³/mol. The molecule has 1 nitrogen and oxygen atoms in total. The molecule has 1 aromatic rings. The van der Waals surface area contributed by atoms with Gasteiger partial charge >= 0.3 is 0 Å². The maximum absolute atomic E-state index is 11.7. The Kier molecular flexibility index (Phi) is 2.73. The molecule has 0 aromatic heterocycles. The summed E-state index contributed by atoms with van der Waals surface area (Å²) < 4.78 is 0. The molecular formula is C16H20O. The van der Waals surface area contributed by atoms with Gasteiger partial charge in [-0.3, -0.25) is 0 Å². The number of hydrogen-bond acceptors (Lipinski definition) is 1. The number of carbonyl (C=O) groups excluding carboxylic acids is 1. The van der Waals surface area contributed by atoms with Crippen molar-refractivity contribution in [2.24, 2.45) is 11.3 Å². The van der Waals surface area contributed by atoms with Crippen LogP contribution in [-0.2, 0) is 10.2 Å². The Morgan fingerprint density at radius 2 is 1.88 bits per heavy atom. The molecule has 1 aliphatic rings. The summed E-state index contributed by atoms with van der Waals surface area (Å²) in [7, 11) is 0. The van der Waals surface area contributed by atoms with E-state index in [1.807, 2.05) is 12.1 Å². The van der Waals surface area contributed by atoms with Crippen LogP contribution in [0.2, 0.25) is 0 Å². The van der Waals surface area contributed by atoms with Gasteiger partial charge in [0.1, 0.15) is 6.29 Å². The van der Waals surface area contributed by atoms with E-state index in [4.69, 9.17) is 0 Å². The molecule has 2 atom stereocenters. The molecule has 1 heteroatoms. The van der Waals surface area contributed by atoms with E-state index in [1.165, 1.54) is 5.56 Å². The van der Waals surface area contributed by atoms with Gasteiger partial charge in [-0.2, -0.15) is 0 Å². The zero-order valence-corrected chi connectivity index (χ0v) is 11.0. The van der Waals surface area contributed by atoms with Gasteiger partial charge in [0.25, 0.3) is 0 Å². The number of hydrogen-bond donors (Lipinski definition) is 0. The lowest BCUT2D eigenvalue weighted by Crippen LogP contribution is -2.42. The van der Waals surface area contributed by atoms with Crippen LogP contribution in [0.5, 0.6) is 0 Å². The van der Waals surface area contributed by atoms with Crippen molar-refractivity contribution in [1.29, 1.82) is 0 Å². The molecule has 1 aliphatic carbocycles. The van der Waals surface area contributed by atoms with Gasteiger partial charge < -0.3 is 4.79 Å². The summed E-state index contributed by atoms with van der Waals surface area (Å²) in [5.74, 6) is 0.238. The summed E-state index contributed by atoms with van der Waals surface area (Å²) in [6.07, 6.45) is 5.46. The van der Waals surface area contributed by atoms with Crippen LogP contribution in [0, 0.1) is 11.3 Å². The van der Waals surface area contributed by atoms with Gasteiger partial charge in [0.05, 0.1) is 5.41 Å². The smallest absolute Gasteiger partial charge is 0.130 e. The highest BCUT2D eigenvalue weighted by molar-refractivity contribution is 5.76. The van der Waals surface area contributed by atoms with Crippen LogP contribution < -0.4 is 0 Å². The highest BCUT2D eigenvalue weighted by atomic mass is 16.1. The number of carbonyl (C=O) groups is 1. The number of rotatable bonds is 1. The molecule has 0 aliphatic heterocycles. The summed E-state index contributed by atoms with van der Waals surface area (Å²) in [6, 6.07) is 8.18. The average Bonchev–Trinajstić information content (AvgIpc) is 2.28. The first kappa shape index (κ1) is 12.1. The van der Waals surface area contributed by atoms with Crippen LogP contribution in [-0.4, -0.2) is 6.29 Å². The molecule has 0 unspecified atom stereocenters. The lowest BCUT2D eigenvalue weighted by Gasteiger charge is -2.43. The molecule has 0 spiro atoms. The van der Waals surface area contributed by atoms with Gasteiger partial charge in [0.15, 0.2) is 0 Å². The van der Waals surface area contributed by atoms with Crippen LogP contribution >= 0.6 is 0 Å². The molecule has 2 rings (SSSR count). The molecule has 1 aromatic carbocycles. The fourth-order valence-corrected chi connectivity index (χ4v) is 3.03. The van der Waals surface area contributed by atoms with Crippen LogP contribution in [0.4, 0.5) is 0 Å². The zero-order chi connectivity index (χ0) is 12.7. The summed E-state index contributed by atoms with van der Waals surface area (Å²) in [4.78, 5) is 11.7. The Labute approximate surface area is 104 Å². The third-order valence-electron chi connectivity index (χ3n) is 3.83. The molecule has 0 saturated heterocycles. The average molecular weight is 228 g/mol. The van der Waals surface area contributed by atoms with Gasteiger partial charge in [-0.15, -0.1) is 0 Å². The van der Waals surface area contributed by atoms with Crippen molar-refractivity contribution in [3.8, 4) is 0 Å². The maximum Gasteiger partial charge on any atom is 0.130 e. The SMILES string of the molecule is CC(C)(C)[C@@H]1C=Cc2ccccc2[C@]1(C)C=O. The Morgan fingerprint density at radius 3 is 2.47 bits per heavy atom. The zero-order valence-electron chi connectivity index (χ0n) is 11.0. The topological polar surface area (TPSA) is 17.1 Å². The second-order valence-corrected chi connectivity index (χ2v) is 6.19. The molecule has 0 amide bonds. The first-order valence-corrected chi connectivity index (χ1v) is 6.13. The standard InChI is InChI=1S/C16H20O/c1-15(2,3)14-10-9-12-7-5-6-8-13(12)16(14,4)11-17/h5-11,14H,1-4H3/t14-,16-/m0/s1. The Morgan fingerprint density at radius 1 is 1.24 bits per heavy atom. The molecule has 0 N–H and O–H groups in total. The van der Waals surface area contributed by atoms with Crippen molar-refractivity contribution >= 4 is 12.4 Å². The Hall–Kier alpha value is -1.37. The predicted octanol–water partition coefficient (Wildman–Crippen LogP) is 3.83. The molecular weight excluding hydrogens is 208 g/mol. The van der Waals surface area contributed by atoms with Gasteiger partial charge in [-0.1, -0.05) is 57.2 Å². The molecule has 0 bridgehead atoms. The van der Waals surface area contributed by atoms with E-state index in [1.54, 1.807) is 0 Å². The highest BCUT2D eigenvalue weighted by Gasteiger charge is 2.43. The van der Waals surface area contributed by atoms with Crippen molar-refractivity contribution in [3.63, 3.8) is 0 Å². The highest BCUT2D eigenvalue weighted by Crippen LogP contribution is 2.46. The first-order valence-electron chi connectivity index (χ1n) is 6.13. The van der Waals surface area contributed by atoms with E-state index in [0.717, 1.165) is 11.8 Å². The summed E-state index contributed by atoms with van der Waals surface area (Å²) in [5, 5.41) is 0. The van der Waals surface area contributed by atoms with Crippen LogP contribution in [0.1, 0.15) is 38.8 Å². The quantitative estimate of drug-likeness (QED) is 0.668. The second-order valence-electron chi connectivity index (χ2n) is 6.19. The Balaban J connectivity index is 2.62. The van der Waals surface area contributed by atoms with Crippen molar-refractivity contribution in [1.82, 2.24) is 0 Å². The first-order chi connectivity index (χ1) is 7.89. The molecule has 90 valence electrons. The fourth-order valence-electron chi connectivity index (χ4n) is 3.03. The largest absolute Gasteiger partial charge is 0.302 e. The van der Waals surface area contributed by atoms with E-state index in [9.17, 15) is 4.79 Å². The van der Waals surface area contributed by atoms with E-state index in [-0.39, 0.29) is 11.3 Å². The minimum absolute atomic E-state index is 0.0830. The number of benzene rings is 1. The van der Waals surface area contributed by atoms with Gasteiger partial charge in [-0.25, -0.2) is 0 Å². The number of aldehydes is 1. The van der Waals surface area contributed by atoms with Gasteiger partial charge in [0, 0.05) is 0 Å². The maximum atomic E-state index is 11.7. The van der Waals surface area contributed by atoms with E-state index in [0.29, 0.717) is 0 Å². The lowest BCUT2D eigenvalue weighted by atomic mass is 9.60. The van der Waals surface area contributed by atoms with Crippen molar-refractivity contribution < 1.29 is 4.79 Å². The van der Waals surface area contributed by atoms with Crippen molar-refractivity contribution in [2.75, 3.05) is 0 Å². The molecule has 0 fully saturated rings. The van der Waals surface area contributed by atoms with Crippen LogP contribution in [0.15, 0.2) is 30.3 Å². The minimum Gasteiger partial charge on any atom is -0.302 e. The monoisotopic (exact) mass is 228 g/mol. The number of fused-ring (bicyclic) bond motifs is 1. The van der Waals surface area contributed by atoms with Crippen molar-refractivity contribution in [2.45, 2.75) is 33.1 Å². The van der Waals surface area contributed by atoms with Gasteiger partial charge in [-0.05, 0) is 29.4 Å². The van der Waals surface area contributed by atoms with Crippen LogP contribution in [0.25, 0.3) is 6.08 Å². The number of allylic oxidation sites excluding steroid dienone is 1. The summed E-state index contributed by atoms with van der Waals surface area (Å²) >= 11 is 0.